The SMILES string of the molecule is CC1CN(c2cccc(CN(C)CC(=O)O)c2)CC(C)O1. The first-order valence-electron chi connectivity index (χ1n) is 7.33. The van der Waals surface area contributed by atoms with E-state index in [1.54, 1.807) is 4.90 Å². The lowest BCUT2D eigenvalue weighted by Gasteiger charge is -2.37. The number of hydrogen-bond acceptors (Lipinski definition) is 4. The molecule has 0 spiro atoms. The second-order valence-corrected chi connectivity index (χ2v) is 5.90. The molecule has 2 rings (SSSR count). The normalized spacial score (nSPS) is 22.6. The van der Waals surface area contributed by atoms with Crippen molar-refractivity contribution in [3.8, 4) is 0 Å². The number of carbonyl (C=O) groups is 1. The number of morpholine rings is 1. The van der Waals surface area contributed by atoms with Gasteiger partial charge in [0.2, 0.25) is 0 Å². The zero-order chi connectivity index (χ0) is 15.4. The highest BCUT2D eigenvalue weighted by molar-refractivity contribution is 5.69. The molecule has 1 aromatic rings. The maximum Gasteiger partial charge on any atom is 0.317 e. The monoisotopic (exact) mass is 292 g/mol. The third-order valence-electron chi connectivity index (χ3n) is 3.55. The van der Waals surface area contributed by atoms with E-state index in [2.05, 4.69) is 30.9 Å². The minimum absolute atomic E-state index is 0.0514. The van der Waals surface area contributed by atoms with Gasteiger partial charge in [-0.3, -0.25) is 9.69 Å². The fourth-order valence-corrected chi connectivity index (χ4v) is 2.84. The zero-order valence-corrected chi connectivity index (χ0v) is 13.0. The van der Waals surface area contributed by atoms with Crippen molar-refractivity contribution in [1.29, 1.82) is 0 Å². The Morgan fingerprint density at radius 1 is 1.38 bits per heavy atom. The van der Waals surface area contributed by atoms with Crippen LogP contribution in [0, 0.1) is 0 Å². The van der Waals surface area contributed by atoms with Gasteiger partial charge < -0.3 is 14.7 Å². The molecule has 0 amide bonds. The van der Waals surface area contributed by atoms with E-state index in [-0.39, 0.29) is 18.8 Å². The first kappa shape index (κ1) is 15.8. The maximum atomic E-state index is 10.7. The van der Waals surface area contributed by atoms with Gasteiger partial charge in [0.05, 0.1) is 18.8 Å². The van der Waals surface area contributed by atoms with Crippen LogP contribution in [-0.2, 0) is 16.1 Å². The summed E-state index contributed by atoms with van der Waals surface area (Å²) in [6, 6.07) is 8.31. The molecule has 1 aromatic carbocycles. The van der Waals surface area contributed by atoms with E-state index < -0.39 is 5.97 Å². The standard InChI is InChI=1S/C16H24N2O3/c1-12-8-18(9-13(2)21-12)15-6-4-5-14(7-15)10-17(3)11-16(19)20/h4-7,12-13H,8-11H2,1-3H3,(H,19,20). The van der Waals surface area contributed by atoms with Crippen molar-refractivity contribution in [2.75, 3.05) is 31.6 Å². The molecule has 116 valence electrons. The minimum atomic E-state index is -0.801. The van der Waals surface area contributed by atoms with Crippen molar-refractivity contribution in [2.24, 2.45) is 0 Å². The van der Waals surface area contributed by atoms with Gasteiger partial charge in [0, 0.05) is 25.3 Å². The Labute approximate surface area is 126 Å². The minimum Gasteiger partial charge on any atom is -0.480 e. The van der Waals surface area contributed by atoms with Crippen LogP contribution in [0.3, 0.4) is 0 Å². The van der Waals surface area contributed by atoms with E-state index >= 15 is 0 Å². The number of aliphatic carboxylic acids is 1. The summed E-state index contributed by atoms with van der Waals surface area (Å²) in [4.78, 5) is 14.9. The smallest absolute Gasteiger partial charge is 0.317 e. The molecule has 0 aromatic heterocycles. The highest BCUT2D eigenvalue weighted by atomic mass is 16.5. The predicted octanol–water partition coefficient (Wildman–Crippen LogP) is 1.82. The number of hydrogen-bond donors (Lipinski definition) is 1. The Morgan fingerprint density at radius 2 is 2.05 bits per heavy atom. The highest BCUT2D eigenvalue weighted by Crippen LogP contribution is 2.21. The van der Waals surface area contributed by atoms with E-state index in [4.69, 9.17) is 9.84 Å². The van der Waals surface area contributed by atoms with Gasteiger partial charge in [-0.25, -0.2) is 0 Å². The van der Waals surface area contributed by atoms with Crippen LogP contribution in [0.2, 0.25) is 0 Å². The molecule has 1 heterocycles. The van der Waals surface area contributed by atoms with Crippen LogP contribution in [0.5, 0.6) is 0 Å². The van der Waals surface area contributed by atoms with Gasteiger partial charge >= 0.3 is 5.97 Å². The van der Waals surface area contributed by atoms with Gasteiger partial charge in [0.25, 0.3) is 0 Å². The van der Waals surface area contributed by atoms with Crippen LogP contribution in [0.4, 0.5) is 5.69 Å². The second-order valence-electron chi connectivity index (χ2n) is 5.90. The van der Waals surface area contributed by atoms with Crippen LogP contribution in [0.25, 0.3) is 0 Å². The van der Waals surface area contributed by atoms with Gasteiger partial charge in [-0.15, -0.1) is 0 Å². The molecule has 1 fully saturated rings. The lowest BCUT2D eigenvalue weighted by molar-refractivity contribution is -0.138. The molecule has 1 aliphatic rings. The molecule has 0 bridgehead atoms. The van der Waals surface area contributed by atoms with Crippen LogP contribution in [0.1, 0.15) is 19.4 Å². The summed E-state index contributed by atoms with van der Waals surface area (Å²) < 4.78 is 5.76. The quantitative estimate of drug-likeness (QED) is 0.897. The van der Waals surface area contributed by atoms with Gasteiger partial charge in [-0.05, 0) is 38.6 Å². The molecule has 5 nitrogen and oxygen atoms in total. The summed E-state index contributed by atoms with van der Waals surface area (Å²) in [7, 11) is 1.82. The molecule has 1 N–H and O–H groups in total. The maximum absolute atomic E-state index is 10.7. The number of anilines is 1. The van der Waals surface area contributed by atoms with Gasteiger partial charge in [0.1, 0.15) is 0 Å². The van der Waals surface area contributed by atoms with E-state index in [0.29, 0.717) is 6.54 Å². The van der Waals surface area contributed by atoms with Gasteiger partial charge in [-0.1, -0.05) is 12.1 Å². The second kappa shape index (κ2) is 6.91. The van der Waals surface area contributed by atoms with E-state index in [1.165, 1.54) is 5.69 Å². The Balaban J connectivity index is 2.05. The molecular weight excluding hydrogens is 268 g/mol. The Hall–Kier alpha value is -1.59. The molecular formula is C16H24N2O3. The first-order valence-corrected chi connectivity index (χ1v) is 7.33. The lowest BCUT2D eigenvalue weighted by atomic mass is 10.1. The molecule has 5 heteroatoms. The van der Waals surface area contributed by atoms with Crippen LogP contribution < -0.4 is 4.90 Å². The number of likely N-dealkylation sites (N-methyl/N-ethyl adjacent to an activating group) is 1. The molecule has 2 atom stereocenters. The highest BCUT2D eigenvalue weighted by Gasteiger charge is 2.22. The van der Waals surface area contributed by atoms with E-state index in [0.717, 1.165) is 18.7 Å². The van der Waals surface area contributed by atoms with E-state index in [9.17, 15) is 4.79 Å². The molecule has 0 aliphatic carbocycles. The molecule has 1 aliphatic heterocycles. The van der Waals surface area contributed by atoms with Crippen molar-refractivity contribution < 1.29 is 14.6 Å². The largest absolute Gasteiger partial charge is 0.480 e. The summed E-state index contributed by atoms with van der Waals surface area (Å²) in [6.45, 7) is 6.64. The summed E-state index contributed by atoms with van der Waals surface area (Å²) in [5.74, 6) is -0.801. The molecule has 2 unspecified atom stereocenters. The number of carboxylic acid groups (broad SMARTS) is 1. The summed E-state index contributed by atoms with van der Waals surface area (Å²) in [6.07, 6.45) is 0.458. The number of benzene rings is 1. The number of nitrogens with zero attached hydrogens (tertiary/aromatic N) is 2. The number of ether oxygens (including phenoxy) is 1. The average Bonchev–Trinajstić information content (AvgIpc) is 2.36. The van der Waals surface area contributed by atoms with Crippen LogP contribution in [-0.4, -0.2) is 54.9 Å². The van der Waals surface area contributed by atoms with Crippen molar-refractivity contribution in [3.05, 3.63) is 29.8 Å². The number of carboxylic acids is 1. The third kappa shape index (κ3) is 4.72. The summed E-state index contributed by atoms with van der Waals surface area (Å²) in [5, 5.41) is 8.81. The van der Waals surface area contributed by atoms with E-state index in [1.807, 2.05) is 19.2 Å². The summed E-state index contributed by atoms with van der Waals surface area (Å²) >= 11 is 0. The van der Waals surface area contributed by atoms with Crippen molar-refractivity contribution >= 4 is 11.7 Å². The molecule has 0 radical (unpaired) electrons. The van der Waals surface area contributed by atoms with Crippen LogP contribution >= 0.6 is 0 Å². The Morgan fingerprint density at radius 3 is 2.67 bits per heavy atom. The first-order chi connectivity index (χ1) is 9.94. The topological polar surface area (TPSA) is 53.0 Å². The fourth-order valence-electron chi connectivity index (χ4n) is 2.84. The van der Waals surface area contributed by atoms with Crippen molar-refractivity contribution in [3.63, 3.8) is 0 Å². The van der Waals surface area contributed by atoms with Crippen molar-refractivity contribution in [1.82, 2.24) is 4.90 Å². The van der Waals surface area contributed by atoms with Gasteiger partial charge in [-0.2, -0.15) is 0 Å². The summed E-state index contributed by atoms with van der Waals surface area (Å²) in [5.41, 5.74) is 2.31. The van der Waals surface area contributed by atoms with Gasteiger partial charge in [0.15, 0.2) is 0 Å². The van der Waals surface area contributed by atoms with Crippen LogP contribution in [0.15, 0.2) is 24.3 Å². The zero-order valence-electron chi connectivity index (χ0n) is 13.0. The Bertz CT molecular complexity index is 482. The fraction of sp³-hybridized carbons (Fsp3) is 0.562. The number of rotatable bonds is 5. The molecule has 21 heavy (non-hydrogen) atoms. The van der Waals surface area contributed by atoms with Crippen molar-refractivity contribution in [2.45, 2.75) is 32.6 Å². The average molecular weight is 292 g/mol. The lowest BCUT2D eigenvalue weighted by Crippen LogP contribution is -2.45. The molecule has 0 saturated carbocycles. The molecule has 1 saturated heterocycles. The Kier molecular flexibility index (Phi) is 5.20. The predicted molar refractivity (Wildman–Crippen MR) is 82.6 cm³/mol. The third-order valence-corrected chi connectivity index (χ3v) is 3.55.